The molecule has 1 aromatic rings. The average molecular weight is 279 g/mol. The lowest BCUT2D eigenvalue weighted by molar-refractivity contribution is 0.266. The Kier molecular flexibility index (Phi) is 5.25. The fraction of sp³-hybridized carbons (Fsp3) is 0.667. The van der Waals surface area contributed by atoms with Gasteiger partial charge in [-0.05, 0) is 30.2 Å². The molecule has 2 unspecified atom stereocenters. The zero-order valence-electron chi connectivity index (χ0n) is 12.2. The number of guanidine groups is 1. The summed E-state index contributed by atoms with van der Waals surface area (Å²) in [6.45, 7) is 7.82. The summed E-state index contributed by atoms with van der Waals surface area (Å²) in [6, 6.07) is 4.33. The van der Waals surface area contributed by atoms with Crippen LogP contribution in [0.2, 0.25) is 0 Å². The topological polar surface area (TPSA) is 27.6 Å². The van der Waals surface area contributed by atoms with Crippen LogP contribution in [0.5, 0.6) is 0 Å². The Hall–Kier alpha value is -1.03. The number of rotatable bonds is 3. The summed E-state index contributed by atoms with van der Waals surface area (Å²) >= 11 is 1.83. The summed E-state index contributed by atoms with van der Waals surface area (Å²) in [7, 11) is 1.89. The summed E-state index contributed by atoms with van der Waals surface area (Å²) in [5.41, 5.74) is 0. The third kappa shape index (κ3) is 3.96. The van der Waals surface area contributed by atoms with Crippen LogP contribution in [0.1, 0.15) is 37.5 Å². The minimum atomic E-state index is 0.541. The van der Waals surface area contributed by atoms with Gasteiger partial charge in [-0.25, -0.2) is 0 Å². The van der Waals surface area contributed by atoms with Crippen molar-refractivity contribution in [3.63, 3.8) is 0 Å². The molecule has 1 N–H and O–H groups in total. The van der Waals surface area contributed by atoms with E-state index in [1.807, 2.05) is 18.4 Å². The maximum absolute atomic E-state index is 4.43. The van der Waals surface area contributed by atoms with E-state index >= 15 is 0 Å². The van der Waals surface area contributed by atoms with Crippen molar-refractivity contribution in [1.82, 2.24) is 10.2 Å². The summed E-state index contributed by atoms with van der Waals surface area (Å²) in [6.07, 6.45) is 2.63. The highest BCUT2D eigenvalue weighted by Crippen LogP contribution is 2.20. The first-order valence-corrected chi connectivity index (χ1v) is 8.07. The van der Waals surface area contributed by atoms with E-state index in [0.717, 1.165) is 31.5 Å². The van der Waals surface area contributed by atoms with Gasteiger partial charge in [0.25, 0.3) is 0 Å². The van der Waals surface area contributed by atoms with Gasteiger partial charge in [0.1, 0.15) is 0 Å². The standard InChI is InChI=1S/C15H25N3S/c1-12-6-4-8-18(11-12)15(16-3)17-10-13(2)14-7-5-9-19-14/h5,7,9,12-13H,4,6,8,10-11H2,1-3H3,(H,16,17). The van der Waals surface area contributed by atoms with Gasteiger partial charge in [-0.1, -0.05) is 19.9 Å². The van der Waals surface area contributed by atoms with E-state index < -0.39 is 0 Å². The molecule has 2 rings (SSSR count). The number of aliphatic imine (C=N–C) groups is 1. The molecule has 1 aliphatic rings. The molecule has 1 saturated heterocycles. The third-order valence-electron chi connectivity index (χ3n) is 3.76. The summed E-state index contributed by atoms with van der Waals surface area (Å²) in [5, 5.41) is 5.68. The van der Waals surface area contributed by atoms with Crippen LogP contribution in [-0.2, 0) is 0 Å². The molecule has 0 aromatic carbocycles. The van der Waals surface area contributed by atoms with Crippen LogP contribution in [0, 0.1) is 5.92 Å². The molecule has 2 heterocycles. The Morgan fingerprint density at radius 2 is 2.47 bits per heavy atom. The highest BCUT2D eigenvalue weighted by atomic mass is 32.1. The lowest BCUT2D eigenvalue weighted by Gasteiger charge is -2.33. The highest BCUT2D eigenvalue weighted by Gasteiger charge is 2.19. The molecule has 2 atom stereocenters. The monoisotopic (exact) mass is 279 g/mol. The molecule has 0 saturated carbocycles. The molecule has 0 bridgehead atoms. The van der Waals surface area contributed by atoms with Crippen molar-refractivity contribution in [1.29, 1.82) is 0 Å². The van der Waals surface area contributed by atoms with Gasteiger partial charge in [0.2, 0.25) is 0 Å². The van der Waals surface area contributed by atoms with Crippen molar-refractivity contribution in [3.8, 4) is 0 Å². The fourth-order valence-electron chi connectivity index (χ4n) is 2.63. The SMILES string of the molecule is CN=C(NCC(C)c1cccs1)N1CCCC(C)C1. The van der Waals surface area contributed by atoms with Crippen LogP contribution < -0.4 is 5.32 Å². The number of likely N-dealkylation sites (tertiary alicyclic amines) is 1. The van der Waals surface area contributed by atoms with E-state index in [9.17, 15) is 0 Å². The second kappa shape index (κ2) is 6.94. The molecular weight excluding hydrogens is 254 g/mol. The van der Waals surface area contributed by atoms with Crippen LogP contribution in [-0.4, -0.2) is 37.5 Å². The van der Waals surface area contributed by atoms with Gasteiger partial charge in [0.05, 0.1) is 0 Å². The number of piperidine rings is 1. The third-order valence-corrected chi connectivity index (χ3v) is 4.87. The zero-order valence-corrected chi connectivity index (χ0v) is 13.0. The van der Waals surface area contributed by atoms with Crippen LogP contribution in [0.4, 0.5) is 0 Å². The molecule has 0 radical (unpaired) electrons. The first-order valence-electron chi connectivity index (χ1n) is 7.19. The number of nitrogens with one attached hydrogen (secondary N) is 1. The van der Waals surface area contributed by atoms with Crippen LogP contribution in [0.3, 0.4) is 0 Å². The molecule has 106 valence electrons. The van der Waals surface area contributed by atoms with Crippen molar-refractivity contribution in [2.45, 2.75) is 32.6 Å². The van der Waals surface area contributed by atoms with Gasteiger partial charge in [-0.15, -0.1) is 11.3 Å². The minimum absolute atomic E-state index is 0.541. The van der Waals surface area contributed by atoms with E-state index in [1.165, 1.54) is 17.7 Å². The lowest BCUT2D eigenvalue weighted by atomic mass is 10.0. The first kappa shape index (κ1) is 14.4. The Morgan fingerprint density at radius 1 is 1.63 bits per heavy atom. The molecule has 19 heavy (non-hydrogen) atoms. The number of thiophene rings is 1. The van der Waals surface area contributed by atoms with Gasteiger partial charge < -0.3 is 10.2 Å². The smallest absolute Gasteiger partial charge is 0.193 e. The molecule has 1 aliphatic heterocycles. The first-order chi connectivity index (χ1) is 9.20. The van der Waals surface area contributed by atoms with Crippen molar-refractivity contribution in [2.24, 2.45) is 10.9 Å². The maximum atomic E-state index is 4.43. The number of hydrogen-bond acceptors (Lipinski definition) is 2. The molecule has 4 heteroatoms. The number of hydrogen-bond donors (Lipinski definition) is 1. The maximum Gasteiger partial charge on any atom is 0.193 e. The van der Waals surface area contributed by atoms with Crippen molar-refractivity contribution in [2.75, 3.05) is 26.7 Å². The fourth-order valence-corrected chi connectivity index (χ4v) is 3.42. The normalized spacial score (nSPS) is 22.4. The van der Waals surface area contributed by atoms with E-state index in [2.05, 4.69) is 46.6 Å². The molecule has 0 aliphatic carbocycles. The van der Waals surface area contributed by atoms with Gasteiger partial charge >= 0.3 is 0 Å². The molecular formula is C15H25N3S. The minimum Gasteiger partial charge on any atom is -0.356 e. The predicted molar refractivity (Wildman–Crippen MR) is 84.1 cm³/mol. The van der Waals surface area contributed by atoms with Gasteiger partial charge in [0, 0.05) is 37.5 Å². The van der Waals surface area contributed by atoms with Crippen LogP contribution in [0.25, 0.3) is 0 Å². The summed E-state index contributed by atoms with van der Waals surface area (Å²) in [5.74, 6) is 2.39. The van der Waals surface area contributed by atoms with E-state index in [0.29, 0.717) is 5.92 Å². The highest BCUT2D eigenvalue weighted by molar-refractivity contribution is 7.10. The largest absolute Gasteiger partial charge is 0.356 e. The molecule has 1 aromatic heterocycles. The summed E-state index contributed by atoms with van der Waals surface area (Å²) < 4.78 is 0. The van der Waals surface area contributed by atoms with Gasteiger partial charge in [-0.3, -0.25) is 4.99 Å². The van der Waals surface area contributed by atoms with Gasteiger partial charge in [-0.2, -0.15) is 0 Å². The molecule has 3 nitrogen and oxygen atoms in total. The Morgan fingerprint density at radius 3 is 3.11 bits per heavy atom. The molecule has 0 amide bonds. The van der Waals surface area contributed by atoms with Gasteiger partial charge in [0.15, 0.2) is 5.96 Å². The van der Waals surface area contributed by atoms with Crippen LogP contribution >= 0.6 is 11.3 Å². The Bertz CT molecular complexity index is 400. The zero-order chi connectivity index (χ0) is 13.7. The molecule has 1 fully saturated rings. The van der Waals surface area contributed by atoms with Crippen molar-refractivity contribution in [3.05, 3.63) is 22.4 Å². The molecule has 0 spiro atoms. The van der Waals surface area contributed by atoms with E-state index in [-0.39, 0.29) is 0 Å². The van der Waals surface area contributed by atoms with Crippen LogP contribution in [0.15, 0.2) is 22.5 Å². The van der Waals surface area contributed by atoms with Crippen molar-refractivity contribution < 1.29 is 0 Å². The summed E-state index contributed by atoms with van der Waals surface area (Å²) in [4.78, 5) is 8.27. The lowest BCUT2D eigenvalue weighted by Crippen LogP contribution is -2.46. The Balaban J connectivity index is 1.86. The second-order valence-electron chi connectivity index (χ2n) is 5.54. The van der Waals surface area contributed by atoms with E-state index in [4.69, 9.17) is 0 Å². The van der Waals surface area contributed by atoms with Crippen molar-refractivity contribution >= 4 is 17.3 Å². The number of nitrogens with zero attached hydrogens (tertiary/aromatic N) is 2. The predicted octanol–water partition coefficient (Wildman–Crippen LogP) is 3.16. The van der Waals surface area contributed by atoms with E-state index in [1.54, 1.807) is 0 Å². The Labute approximate surface area is 120 Å². The second-order valence-corrected chi connectivity index (χ2v) is 6.52. The average Bonchev–Trinajstić information content (AvgIpc) is 2.93. The quantitative estimate of drug-likeness (QED) is 0.680.